The van der Waals surface area contributed by atoms with Crippen molar-refractivity contribution in [2.45, 2.75) is 55.0 Å². The molecule has 52 heavy (non-hydrogen) atoms. The number of hydrogen-bond acceptors (Lipinski definition) is 11. The molecule has 0 saturated heterocycles. The topological polar surface area (TPSA) is 161 Å². The molecule has 0 saturated carbocycles. The van der Waals surface area contributed by atoms with Gasteiger partial charge in [0.05, 0.1) is 49.9 Å². The zero-order valence-electron chi connectivity index (χ0n) is 29.1. The van der Waals surface area contributed by atoms with E-state index in [-0.39, 0.29) is 41.8 Å². The van der Waals surface area contributed by atoms with E-state index in [1.165, 1.54) is 24.3 Å². The number of aryl methyl sites for hydroxylation is 1. The van der Waals surface area contributed by atoms with Gasteiger partial charge in [-0.15, -0.1) is 0 Å². The number of esters is 1. The molecule has 4 aromatic carbocycles. The van der Waals surface area contributed by atoms with Crippen LogP contribution in [-0.2, 0) is 30.6 Å². The first-order valence-corrected chi connectivity index (χ1v) is 18.3. The zero-order chi connectivity index (χ0) is 36.8. The second-order valence-electron chi connectivity index (χ2n) is 12.3. The maximum atomic E-state index is 13.9. The van der Waals surface area contributed by atoms with E-state index in [0.717, 1.165) is 33.0 Å². The van der Waals surface area contributed by atoms with Gasteiger partial charge >= 0.3 is 16.9 Å². The summed E-state index contributed by atoms with van der Waals surface area (Å²) in [6, 6.07) is 23.1. The average molecular weight is 730 g/mol. The van der Waals surface area contributed by atoms with Crippen molar-refractivity contribution >= 4 is 32.5 Å². The fourth-order valence-corrected chi connectivity index (χ4v) is 7.81. The average Bonchev–Trinajstić information content (AvgIpc) is 3.55. The summed E-state index contributed by atoms with van der Waals surface area (Å²) in [6.07, 6.45) is 1.21. The number of carbonyl (C=O) groups is 2. The standard InChI is InChI=1S/C38H39N3O10S/c1-25-15-16-26-11-7-8-14-29(26)35(25)36-30-24-32(48-3)31(47-2)23-27(30)19-20-40(36)33(42)17-18-34(43)49-21-9-10-22-50-37-38(41(44)51-39-37)52(45,46)28-12-5-4-6-13-28/h4-8,11-16,23-24,36H,9-10,17-22H2,1-3H3. The van der Waals surface area contributed by atoms with E-state index in [9.17, 15) is 23.2 Å². The molecule has 0 aliphatic carbocycles. The molecule has 0 radical (unpaired) electrons. The van der Waals surface area contributed by atoms with Crippen molar-refractivity contribution in [3.63, 3.8) is 0 Å². The largest absolute Gasteiger partial charge is 0.493 e. The molecule has 14 heteroatoms. The predicted octanol–water partition coefficient (Wildman–Crippen LogP) is 5.28. The predicted molar refractivity (Wildman–Crippen MR) is 188 cm³/mol. The number of hydrogen-bond donors (Lipinski definition) is 0. The van der Waals surface area contributed by atoms with Gasteiger partial charge < -0.3 is 29.1 Å². The number of unbranched alkanes of at least 4 members (excludes halogenated alkanes) is 1. The van der Waals surface area contributed by atoms with Gasteiger partial charge in [-0.3, -0.25) is 14.2 Å². The molecule has 1 unspecified atom stereocenters. The molecule has 1 atom stereocenters. The fraction of sp³-hybridized carbons (Fsp3) is 0.316. The highest BCUT2D eigenvalue weighted by Crippen LogP contribution is 2.44. The van der Waals surface area contributed by atoms with E-state index in [1.54, 1.807) is 20.3 Å². The highest BCUT2D eigenvalue weighted by Gasteiger charge is 2.37. The van der Waals surface area contributed by atoms with Gasteiger partial charge in [0, 0.05) is 13.0 Å². The van der Waals surface area contributed by atoms with E-state index in [4.69, 9.17) is 18.9 Å². The van der Waals surface area contributed by atoms with Crippen molar-refractivity contribution in [1.29, 1.82) is 0 Å². The maximum absolute atomic E-state index is 13.9. The highest BCUT2D eigenvalue weighted by atomic mass is 32.2. The number of aromatic nitrogens is 2. The molecule has 2 heterocycles. The van der Waals surface area contributed by atoms with Crippen LogP contribution in [0.1, 0.15) is 54.0 Å². The lowest BCUT2D eigenvalue weighted by atomic mass is 9.83. The van der Waals surface area contributed by atoms with Gasteiger partial charge in [0.1, 0.15) is 0 Å². The second-order valence-corrected chi connectivity index (χ2v) is 14.2. The Kier molecular flexibility index (Phi) is 10.9. The Morgan fingerprint density at radius 1 is 0.942 bits per heavy atom. The van der Waals surface area contributed by atoms with Crippen molar-refractivity contribution in [2.24, 2.45) is 0 Å². The fourth-order valence-electron chi connectivity index (χ4n) is 6.52. The molecule has 5 aromatic rings. The van der Waals surface area contributed by atoms with Gasteiger partial charge in [0.2, 0.25) is 5.91 Å². The summed E-state index contributed by atoms with van der Waals surface area (Å²) in [6.45, 7) is 2.54. The molecule has 1 aromatic heterocycles. The van der Waals surface area contributed by atoms with E-state index < -0.39 is 32.8 Å². The first-order valence-electron chi connectivity index (χ1n) is 16.8. The maximum Gasteiger partial charge on any atom is 0.414 e. The number of carbonyl (C=O) groups excluding carboxylic acids is 2. The Morgan fingerprint density at radius 3 is 2.42 bits per heavy atom. The lowest BCUT2D eigenvalue weighted by Gasteiger charge is -2.39. The van der Waals surface area contributed by atoms with Crippen LogP contribution in [-0.4, -0.2) is 64.3 Å². The van der Waals surface area contributed by atoms with Gasteiger partial charge in [-0.25, -0.2) is 8.42 Å². The minimum atomic E-state index is -4.23. The second kappa shape index (κ2) is 15.7. The molecule has 0 N–H and O–H groups in total. The Balaban J connectivity index is 1.07. The third kappa shape index (κ3) is 7.38. The van der Waals surface area contributed by atoms with E-state index in [1.807, 2.05) is 42.2 Å². The first kappa shape index (κ1) is 36.2. The summed E-state index contributed by atoms with van der Waals surface area (Å²) >= 11 is 0. The Hall–Kier alpha value is -5.63. The smallest absolute Gasteiger partial charge is 0.414 e. The summed E-state index contributed by atoms with van der Waals surface area (Å²) in [5, 5.41) is 16.9. The number of amides is 1. The minimum Gasteiger partial charge on any atom is -0.493 e. The normalized spacial score (nSPS) is 14.1. The summed E-state index contributed by atoms with van der Waals surface area (Å²) in [5.41, 5.74) is 4.07. The molecule has 0 spiro atoms. The summed E-state index contributed by atoms with van der Waals surface area (Å²) in [5.74, 6) is 0.0476. The first-order chi connectivity index (χ1) is 25.1. The molecule has 0 fully saturated rings. The van der Waals surface area contributed by atoms with Gasteiger partial charge in [-0.1, -0.05) is 54.6 Å². The number of benzene rings is 4. The van der Waals surface area contributed by atoms with Crippen molar-refractivity contribution in [3.05, 3.63) is 106 Å². The van der Waals surface area contributed by atoms with Crippen LogP contribution in [0.25, 0.3) is 10.8 Å². The lowest BCUT2D eigenvalue weighted by Crippen LogP contribution is -2.41. The molecule has 6 rings (SSSR count). The van der Waals surface area contributed by atoms with Crippen LogP contribution in [0.2, 0.25) is 0 Å². The number of fused-ring (bicyclic) bond motifs is 2. The van der Waals surface area contributed by atoms with Crippen LogP contribution in [0, 0.1) is 12.1 Å². The van der Waals surface area contributed by atoms with Gasteiger partial charge in [0.15, 0.2) is 11.5 Å². The summed E-state index contributed by atoms with van der Waals surface area (Å²) < 4.78 is 52.4. The molecule has 13 nitrogen and oxygen atoms in total. The van der Waals surface area contributed by atoms with E-state index in [0.29, 0.717) is 37.3 Å². The van der Waals surface area contributed by atoms with Gasteiger partial charge in [0.25, 0.3) is 9.84 Å². The van der Waals surface area contributed by atoms with Crippen LogP contribution in [0.15, 0.2) is 93.4 Å². The third-order valence-corrected chi connectivity index (χ3v) is 10.8. The Labute approximate surface area is 301 Å². The zero-order valence-corrected chi connectivity index (χ0v) is 29.9. The number of rotatable bonds is 14. The summed E-state index contributed by atoms with van der Waals surface area (Å²) in [7, 11) is -1.05. The lowest BCUT2D eigenvalue weighted by molar-refractivity contribution is -0.832. The number of nitrogens with zero attached hydrogens (tertiary/aromatic N) is 3. The van der Waals surface area contributed by atoms with Gasteiger partial charge in [-0.05, 0) is 88.4 Å². The van der Waals surface area contributed by atoms with Crippen LogP contribution < -0.4 is 19.1 Å². The van der Waals surface area contributed by atoms with Crippen molar-refractivity contribution < 1.29 is 46.5 Å². The Morgan fingerprint density at radius 2 is 1.65 bits per heavy atom. The SMILES string of the molecule is COc1cc2c(cc1OC)C(c1c(C)ccc3ccccc13)N(C(=O)CCC(=O)OCCCCOc1no[n+]([O-])c1S(=O)(=O)c1ccccc1)CC2. The Bertz CT molecular complexity index is 2190. The van der Waals surface area contributed by atoms with Crippen LogP contribution in [0.5, 0.6) is 17.4 Å². The van der Waals surface area contributed by atoms with Crippen LogP contribution in [0.3, 0.4) is 0 Å². The molecule has 0 bridgehead atoms. The summed E-state index contributed by atoms with van der Waals surface area (Å²) in [4.78, 5) is 28.2. The molecule has 1 aliphatic heterocycles. The molecule has 1 aliphatic rings. The molecule has 1 amide bonds. The highest BCUT2D eigenvalue weighted by molar-refractivity contribution is 7.91. The molecule has 272 valence electrons. The van der Waals surface area contributed by atoms with E-state index in [2.05, 4.69) is 28.0 Å². The third-order valence-electron chi connectivity index (χ3n) is 9.09. The molecular formula is C38H39N3O10S. The van der Waals surface area contributed by atoms with Crippen LogP contribution in [0.4, 0.5) is 0 Å². The molecular weight excluding hydrogens is 690 g/mol. The quantitative estimate of drug-likeness (QED) is 0.0831. The van der Waals surface area contributed by atoms with Crippen molar-refractivity contribution in [2.75, 3.05) is 34.0 Å². The van der Waals surface area contributed by atoms with Crippen LogP contribution >= 0.6 is 0 Å². The number of methoxy groups -OCH3 is 2. The monoisotopic (exact) mass is 729 g/mol. The van der Waals surface area contributed by atoms with Crippen molar-refractivity contribution in [3.8, 4) is 17.4 Å². The number of ether oxygens (including phenoxy) is 4. The van der Waals surface area contributed by atoms with Gasteiger partial charge in [-0.2, -0.15) is 0 Å². The van der Waals surface area contributed by atoms with E-state index >= 15 is 0 Å². The van der Waals surface area contributed by atoms with Crippen molar-refractivity contribution in [1.82, 2.24) is 10.1 Å². The minimum absolute atomic E-state index is 0.0120. The number of sulfone groups is 1.